The maximum Gasteiger partial charge on any atom is 0.182 e. The van der Waals surface area contributed by atoms with Crippen molar-refractivity contribution in [3.8, 4) is 6.19 Å². The largest absolute Gasteiger partial charge is 0.281 e. The van der Waals surface area contributed by atoms with Gasteiger partial charge in [-0.3, -0.25) is 10.3 Å². The van der Waals surface area contributed by atoms with Crippen LogP contribution >= 0.6 is 0 Å². The molecule has 78 valence electrons. The normalized spacial score (nSPS) is 13.1. The Labute approximate surface area is 90.5 Å². The van der Waals surface area contributed by atoms with Crippen molar-refractivity contribution in [2.75, 3.05) is 0 Å². The number of rotatable bonds is 2. The zero-order valence-corrected chi connectivity index (χ0v) is 9.28. The van der Waals surface area contributed by atoms with Crippen molar-refractivity contribution in [3.63, 3.8) is 0 Å². The van der Waals surface area contributed by atoms with Crippen LogP contribution in [0.1, 0.15) is 31.0 Å². The van der Waals surface area contributed by atoms with Gasteiger partial charge in [-0.05, 0) is 26.3 Å². The molecule has 1 aromatic rings. The highest BCUT2D eigenvalue weighted by atomic mass is 15.0. The number of nitrogens with one attached hydrogen (secondary N) is 1. The molecule has 1 N–H and O–H groups in total. The van der Waals surface area contributed by atoms with Gasteiger partial charge in [0.05, 0.1) is 6.04 Å². The van der Waals surface area contributed by atoms with E-state index < -0.39 is 0 Å². The highest BCUT2D eigenvalue weighted by Crippen LogP contribution is 2.17. The van der Waals surface area contributed by atoms with Gasteiger partial charge in [-0.25, -0.2) is 0 Å². The van der Waals surface area contributed by atoms with E-state index >= 15 is 0 Å². The Bertz CT molecular complexity index is 402. The zero-order valence-electron chi connectivity index (χ0n) is 9.28. The third-order valence-electron chi connectivity index (χ3n) is 2.15. The van der Waals surface area contributed by atoms with Crippen LogP contribution in [0.3, 0.4) is 0 Å². The molecule has 0 radical (unpaired) electrons. The lowest BCUT2D eigenvalue weighted by molar-refractivity contribution is 0.811. The predicted octanol–water partition coefficient (Wildman–Crippen LogP) is 2.55. The van der Waals surface area contributed by atoms with Gasteiger partial charge in [0, 0.05) is 0 Å². The summed E-state index contributed by atoms with van der Waals surface area (Å²) in [6.45, 7) is 5.85. The Morgan fingerprint density at radius 3 is 2.87 bits per heavy atom. The number of hydrogen-bond acceptors (Lipinski definition) is 2. The molecule has 0 aliphatic rings. The van der Waals surface area contributed by atoms with Crippen molar-refractivity contribution in [1.29, 1.82) is 5.26 Å². The molecule has 0 fully saturated rings. The lowest BCUT2D eigenvalue weighted by atomic mass is 10.1. The molecule has 0 heterocycles. The fourth-order valence-corrected chi connectivity index (χ4v) is 1.41. The molecule has 1 rings (SSSR count). The molecule has 1 aromatic carbocycles. The van der Waals surface area contributed by atoms with E-state index in [1.807, 2.05) is 25.2 Å². The predicted molar refractivity (Wildman–Crippen MR) is 61.5 cm³/mol. The summed E-state index contributed by atoms with van der Waals surface area (Å²) in [5.41, 5.74) is 2.38. The molecule has 1 unspecified atom stereocenters. The van der Waals surface area contributed by atoms with Gasteiger partial charge in [0.1, 0.15) is 5.84 Å². The van der Waals surface area contributed by atoms with Crippen LogP contribution in [-0.4, -0.2) is 5.84 Å². The standard InChI is InChI=1S/C12H15N3/c1-9-5-4-6-12(7-9)10(2)15-11(3)14-8-13/h4-7,10H,1-3H3,(H,14,15). The average Bonchev–Trinajstić information content (AvgIpc) is 2.18. The maximum absolute atomic E-state index is 8.42. The maximum atomic E-state index is 8.42. The van der Waals surface area contributed by atoms with Crippen LogP contribution in [-0.2, 0) is 0 Å². The molecule has 0 aromatic heterocycles. The number of amidine groups is 1. The van der Waals surface area contributed by atoms with Crippen LogP contribution < -0.4 is 5.32 Å². The second-order valence-electron chi connectivity index (χ2n) is 3.54. The summed E-state index contributed by atoms with van der Waals surface area (Å²) < 4.78 is 0. The second-order valence-corrected chi connectivity index (χ2v) is 3.54. The molecule has 0 bridgehead atoms. The summed E-state index contributed by atoms with van der Waals surface area (Å²) in [7, 11) is 0. The molecule has 0 spiro atoms. The SMILES string of the molecule is CC(=NC(C)c1cccc(C)c1)NC#N. The Balaban J connectivity index is 2.82. The van der Waals surface area contributed by atoms with Gasteiger partial charge in [-0.15, -0.1) is 0 Å². The van der Waals surface area contributed by atoms with Crippen LogP contribution in [0.4, 0.5) is 0 Å². The summed E-state index contributed by atoms with van der Waals surface area (Å²) in [5, 5.41) is 10.9. The first kappa shape index (κ1) is 11.3. The van der Waals surface area contributed by atoms with Gasteiger partial charge in [0.2, 0.25) is 0 Å². The first-order valence-corrected chi connectivity index (χ1v) is 4.89. The quantitative estimate of drug-likeness (QED) is 0.346. The molecule has 3 heteroatoms. The lowest BCUT2D eigenvalue weighted by Gasteiger charge is -2.08. The highest BCUT2D eigenvalue weighted by Gasteiger charge is 2.03. The first-order chi connectivity index (χ1) is 7.13. The van der Waals surface area contributed by atoms with E-state index in [2.05, 4.69) is 29.4 Å². The van der Waals surface area contributed by atoms with E-state index in [4.69, 9.17) is 5.26 Å². The molecule has 15 heavy (non-hydrogen) atoms. The van der Waals surface area contributed by atoms with Crippen LogP contribution in [0.2, 0.25) is 0 Å². The fraction of sp³-hybridized carbons (Fsp3) is 0.333. The topological polar surface area (TPSA) is 48.2 Å². The smallest absolute Gasteiger partial charge is 0.182 e. The summed E-state index contributed by atoms with van der Waals surface area (Å²) in [6, 6.07) is 8.30. The molecule has 0 amide bonds. The molecule has 3 nitrogen and oxygen atoms in total. The second kappa shape index (κ2) is 5.16. The minimum atomic E-state index is 0.0748. The van der Waals surface area contributed by atoms with Crippen molar-refractivity contribution < 1.29 is 0 Å². The van der Waals surface area contributed by atoms with E-state index in [1.54, 1.807) is 6.92 Å². The van der Waals surface area contributed by atoms with Crippen molar-refractivity contribution in [3.05, 3.63) is 35.4 Å². The number of aliphatic imine (C=N–C) groups is 1. The summed E-state index contributed by atoms with van der Waals surface area (Å²) >= 11 is 0. The van der Waals surface area contributed by atoms with E-state index in [0.29, 0.717) is 5.84 Å². The van der Waals surface area contributed by atoms with Gasteiger partial charge < -0.3 is 0 Å². The zero-order chi connectivity index (χ0) is 11.3. The molecular formula is C12H15N3. The minimum absolute atomic E-state index is 0.0748. The summed E-state index contributed by atoms with van der Waals surface area (Å²) in [4.78, 5) is 4.36. The van der Waals surface area contributed by atoms with E-state index in [9.17, 15) is 0 Å². The Kier molecular flexibility index (Phi) is 3.87. The molecular weight excluding hydrogens is 186 g/mol. The van der Waals surface area contributed by atoms with Crippen molar-refractivity contribution >= 4 is 5.84 Å². The molecule has 0 aliphatic carbocycles. The van der Waals surface area contributed by atoms with Crippen molar-refractivity contribution in [2.45, 2.75) is 26.8 Å². The van der Waals surface area contributed by atoms with Crippen LogP contribution in [0, 0.1) is 18.4 Å². The molecule has 0 saturated heterocycles. The van der Waals surface area contributed by atoms with E-state index in [-0.39, 0.29) is 6.04 Å². The minimum Gasteiger partial charge on any atom is -0.281 e. The van der Waals surface area contributed by atoms with Gasteiger partial charge in [0.25, 0.3) is 0 Å². The van der Waals surface area contributed by atoms with Crippen molar-refractivity contribution in [1.82, 2.24) is 5.32 Å². The number of benzene rings is 1. The fourth-order valence-electron chi connectivity index (χ4n) is 1.41. The third kappa shape index (κ3) is 3.43. The van der Waals surface area contributed by atoms with Gasteiger partial charge in [-0.2, -0.15) is 5.26 Å². The third-order valence-corrected chi connectivity index (χ3v) is 2.15. The number of nitrogens with zero attached hydrogens (tertiary/aromatic N) is 2. The highest BCUT2D eigenvalue weighted by molar-refractivity contribution is 5.81. The monoisotopic (exact) mass is 201 g/mol. The van der Waals surface area contributed by atoms with Crippen molar-refractivity contribution in [2.24, 2.45) is 4.99 Å². The number of hydrogen-bond donors (Lipinski definition) is 1. The van der Waals surface area contributed by atoms with E-state index in [1.165, 1.54) is 5.56 Å². The van der Waals surface area contributed by atoms with Crippen LogP contribution in [0.25, 0.3) is 0 Å². The molecule has 1 atom stereocenters. The van der Waals surface area contributed by atoms with Crippen LogP contribution in [0.15, 0.2) is 29.3 Å². The van der Waals surface area contributed by atoms with Gasteiger partial charge >= 0.3 is 0 Å². The van der Waals surface area contributed by atoms with E-state index in [0.717, 1.165) is 5.56 Å². The molecule has 0 aliphatic heterocycles. The Morgan fingerprint density at radius 1 is 1.53 bits per heavy atom. The first-order valence-electron chi connectivity index (χ1n) is 4.89. The van der Waals surface area contributed by atoms with Gasteiger partial charge in [-0.1, -0.05) is 29.8 Å². The summed E-state index contributed by atoms with van der Waals surface area (Å²) in [5.74, 6) is 0.645. The summed E-state index contributed by atoms with van der Waals surface area (Å²) in [6.07, 6.45) is 1.85. The number of aryl methyl sites for hydroxylation is 1. The average molecular weight is 201 g/mol. The Morgan fingerprint density at radius 2 is 2.27 bits per heavy atom. The Hall–Kier alpha value is -1.82. The van der Waals surface area contributed by atoms with Gasteiger partial charge in [0.15, 0.2) is 6.19 Å². The van der Waals surface area contributed by atoms with Crippen LogP contribution in [0.5, 0.6) is 0 Å². The lowest BCUT2D eigenvalue weighted by Crippen LogP contribution is -2.14. The number of nitriles is 1. The molecule has 0 saturated carbocycles.